The summed E-state index contributed by atoms with van der Waals surface area (Å²) in [5.74, 6) is 0.747. The molecule has 3 atom stereocenters. The molecule has 1 heterocycles. The maximum atomic E-state index is 9.68. The van der Waals surface area contributed by atoms with Crippen molar-refractivity contribution in [2.45, 2.75) is 71.4 Å². The Labute approximate surface area is 125 Å². The van der Waals surface area contributed by atoms with E-state index in [1.807, 2.05) is 0 Å². The van der Waals surface area contributed by atoms with Crippen LogP contribution in [0.25, 0.3) is 0 Å². The number of hydrogen-bond donors (Lipinski definition) is 2. The van der Waals surface area contributed by atoms with E-state index in [1.54, 1.807) is 0 Å². The van der Waals surface area contributed by atoms with Crippen LogP contribution < -0.4 is 5.32 Å². The van der Waals surface area contributed by atoms with Crippen molar-refractivity contribution in [1.29, 1.82) is 0 Å². The predicted molar refractivity (Wildman–Crippen MR) is 84.9 cm³/mol. The summed E-state index contributed by atoms with van der Waals surface area (Å²) in [5, 5.41) is 13.4. The minimum atomic E-state index is 0.335. The fourth-order valence-electron chi connectivity index (χ4n) is 4.36. The molecule has 0 amide bonds. The average molecular weight is 282 g/mol. The van der Waals surface area contributed by atoms with Crippen LogP contribution in [-0.2, 0) is 0 Å². The van der Waals surface area contributed by atoms with Gasteiger partial charge in [0.2, 0.25) is 0 Å². The highest BCUT2D eigenvalue weighted by Gasteiger charge is 2.42. The molecule has 1 saturated heterocycles. The fraction of sp³-hybridized carbons (Fsp3) is 1.00. The predicted octanol–water partition coefficient (Wildman–Crippen LogP) is 2.64. The van der Waals surface area contributed by atoms with Crippen LogP contribution in [0.2, 0.25) is 0 Å². The number of nitrogens with one attached hydrogen (secondary N) is 1. The Balaban J connectivity index is 1.99. The van der Waals surface area contributed by atoms with Crippen LogP contribution in [0.5, 0.6) is 0 Å². The molecule has 2 aliphatic rings. The molecular formula is C17H34N2O. The second-order valence-electron chi connectivity index (χ2n) is 7.50. The van der Waals surface area contributed by atoms with Gasteiger partial charge in [0.05, 0.1) is 6.61 Å². The van der Waals surface area contributed by atoms with Gasteiger partial charge in [0.1, 0.15) is 0 Å². The van der Waals surface area contributed by atoms with Crippen molar-refractivity contribution < 1.29 is 5.11 Å². The van der Waals surface area contributed by atoms with Gasteiger partial charge in [0, 0.05) is 18.6 Å². The van der Waals surface area contributed by atoms with Crippen molar-refractivity contribution >= 4 is 0 Å². The topological polar surface area (TPSA) is 35.5 Å². The van der Waals surface area contributed by atoms with Crippen LogP contribution in [0.15, 0.2) is 0 Å². The van der Waals surface area contributed by atoms with Gasteiger partial charge in [-0.1, -0.05) is 33.6 Å². The molecule has 1 saturated carbocycles. The lowest BCUT2D eigenvalue weighted by Crippen LogP contribution is -2.48. The second kappa shape index (κ2) is 7.24. The molecule has 0 aromatic rings. The highest BCUT2D eigenvalue weighted by Crippen LogP contribution is 2.42. The summed E-state index contributed by atoms with van der Waals surface area (Å²) in [6, 6.07) is 1.04. The minimum Gasteiger partial charge on any atom is -0.395 e. The third-order valence-electron chi connectivity index (χ3n) is 5.58. The molecule has 3 unspecified atom stereocenters. The van der Waals surface area contributed by atoms with Gasteiger partial charge in [-0.05, 0) is 50.1 Å². The molecule has 0 spiro atoms. The summed E-state index contributed by atoms with van der Waals surface area (Å²) in [6.45, 7) is 10.8. The van der Waals surface area contributed by atoms with Gasteiger partial charge in [0.15, 0.2) is 0 Å². The number of likely N-dealkylation sites (tertiary alicyclic amines) is 1. The molecule has 118 valence electrons. The average Bonchev–Trinajstić information content (AvgIpc) is 2.61. The van der Waals surface area contributed by atoms with E-state index in [0.29, 0.717) is 24.1 Å². The number of aliphatic hydroxyl groups excluding tert-OH is 1. The van der Waals surface area contributed by atoms with Crippen molar-refractivity contribution in [3.63, 3.8) is 0 Å². The normalized spacial score (nSPS) is 35.1. The van der Waals surface area contributed by atoms with E-state index < -0.39 is 0 Å². The molecule has 2 fully saturated rings. The number of rotatable bonds is 5. The molecule has 3 heteroatoms. The van der Waals surface area contributed by atoms with Crippen LogP contribution >= 0.6 is 0 Å². The highest BCUT2D eigenvalue weighted by atomic mass is 16.3. The van der Waals surface area contributed by atoms with Crippen molar-refractivity contribution in [1.82, 2.24) is 10.2 Å². The van der Waals surface area contributed by atoms with Crippen LogP contribution in [0, 0.1) is 11.3 Å². The van der Waals surface area contributed by atoms with E-state index in [9.17, 15) is 5.11 Å². The molecule has 2 N–H and O–H groups in total. The van der Waals surface area contributed by atoms with Gasteiger partial charge in [0.25, 0.3) is 0 Å². The molecular weight excluding hydrogens is 248 g/mol. The summed E-state index contributed by atoms with van der Waals surface area (Å²) in [7, 11) is 0. The van der Waals surface area contributed by atoms with E-state index in [2.05, 4.69) is 31.0 Å². The molecule has 1 aliphatic carbocycles. The summed E-state index contributed by atoms with van der Waals surface area (Å²) >= 11 is 0. The standard InChI is InChI=1S/C17H34N2O/c1-4-18-16-14(9-10-17(16,2)3)12-19-11-7-5-6-8-15(19)13-20/h14-16,18,20H,4-13H2,1-3H3. The Kier molecular flexibility index (Phi) is 5.88. The molecule has 0 aromatic carbocycles. The van der Waals surface area contributed by atoms with E-state index in [-0.39, 0.29) is 0 Å². The Hall–Kier alpha value is -0.120. The lowest BCUT2D eigenvalue weighted by atomic mass is 9.84. The summed E-state index contributed by atoms with van der Waals surface area (Å²) < 4.78 is 0. The quantitative estimate of drug-likeness (QED) is 0.814. The van der Waals surface area contributed by atoms with Crippen molar-refractivity contribution in [2.75, 3.05) is 26.2 Å². The Morgan fingerprint density at radius 3 is 2.70 bits per heavy atom. The Bertz CT molecular complexity index is 293. The maximum absolute atomic E-state index is 9.68. The summed E-state index contributed by atoms with van der Waals surface area (Å²) in [6.07, 6.45) is 7.76. The maximum Gasteiger partial charge on any atom is 0.0586 e. The van der Waals surface area contributed by atoms with Crippen LogP contribution in [-0.4, -0.2) is 48.3 Å². The number of aliphatic hydroxyl groups is 1. The lowest BCUT2D eigenvalue weighted by Gasteiger charge is -2.36. The smallest absolute Gasteiger partial charge is 0.0586 e. The second-order valence-corrected chi connectivity index (χ2v) is 7.50. The van der Waals surface area contributed by atoms with E-state index in [0.717, 1.165) is 12.5 Å². The SMILES string of the molecule is CCNC1C(CN2CCCCCC2CO)CCC1(C)C. The van der Waals surface area contributed by atoms with Crippen molar-refractivity contribution in [3.8, 4) is 0 Å². The minimum absolute atomic E-state index is 0.335. The molecule has 2 rings (SSSR count). The molecule has 0 radical (unpaired) electrons. The Morgan fingerprint density at radius 1 is 1.20 bits per heavy atom. The van der Waals surface area contributed by atoms with Crippen LogP contribution in [0.3, 0.4) is 0 Å². The first kappa shape index (κ1) is 16.3. The van der Waals surface area contributed by atoms with Gasteiger partial charge >= 0.3 is 0 Å². The van der Waals surface area contributed by atoms with Gasteiger partial charge in [-0.15, -0.1) is 0 Å². The first-order valence-electron chi connectivity index (χ1n) is 8.66. The largest absolute Gasteiger partial charge is 0.395 e. The van der Waals surface area contributed by atoms with Crippen molar-refractivity contribution in [3.05, 3.63) is 0 Å². The summed E-state index contributed by atoms with van der Waals surface area (Å²) in [5.41, 5.74) is 0.418. The zero-order valence-electron chi connectivity index (χ0n) is 13.7. The lowest BCUT2D eigenvalue weighted by molar-refractivity contribution is 0.0983. The van der Waals surface area contributed by atoms with Crippen LogP contribution in [0.4, 0.5) is 0 Å². The van der Waals surface area contributed by atoms with Crippen LogP contribution in [0.1, 0.15) is 59.3 Å². The van der Waals surface area contributed by atoms with Gasteiger partial charge in [-0.3, -0.25) is 4.90 Å². The molecule has 3 nitrogen and oxygen atoms in total. The zero-order valence-corrected chi connectivity index (χ0v) is 13.7. The van der Waals surface area contributed by atoms with E-state index in [1.165, 1.54) is 51.6 Å². The highest BCUT2D eigenvalue weighted by molar-refractivity contribution is 4.97. The molecule has 0 bridgehead atoms. The zero-order chi connectivity index (χ0) is 14.6. The van der Waals surface area contributed by atoms with Crippen molar-refractivity contribution in [2.24, 2.45) is 11.3 Å². The first-order valence-corrected chi connectivity index (χ1v) is 8.66. The van der Waals surface area contributed by atoms with Gasteiger partial charge < -0.3 is 10.4 Å². The van der Waals surface area contributed by atoms with Gasteiger partial charge in [-0.2, -0.15) is 0 Å². The summed E-state index contributed by atoms with van der Waals surface area (Å²) in [4.78, 5) is 2.59. The third kappa shape index (κ3) is 3.75. The number of nitrogens with zero attached hydrogens (tertiary/aromatic N) is 1. The number of hydrogen-bond acceptors (Lipinski definition) is 3. The molecule has 20 heavy (non-hydrogen) atoms. The van der Waals surface area contributed by atoms with E-state index >= 15 is 0 Å². The molecule has 1 aliphatic heterocycles. The third-order valence-corrected chi connectivity index (χ3v) is 5.58. The fourth-order valence-corrected chi connectivity index (χ4v) is 4.36. The molecule has 0 aromatic heterocycles. The van der Waals surface area contributed by atoms with Gasteiger partial charge in [-0.25, -0.2) is 0 Å². The first-order chi connectivity index (χ1) is 9.58. The van der Waals surface area contributed by atoms with E-state index in [4.69, 9.17) is 0 Å². The Morgan fingerprint density at radius 2 is 2.00 bits per heavy atom. The monoisotopic (exact) mass is 282 g/mol.